The Balaban J connectivity index is 1.77. The number of methoxy groups -OCH3 is 1. The number of benzene rings is 2. The number of nitrogens with zero attached hydrogens (tertiary/aromatic N) is 1. The fraction of sp³-hybridized carbons (Fsp3) is 0.261. The molecule has 0 spiro atoms. The first-order chi connectivity index (χ1) is 12.7. The molecule has 3 nitrogen and oxygen atoms in total. The predicted molar refractivity (Wildman–Crippen MR) is 105 cm³/mol. The molecule has 2 aromatic carbocycles. The molecule has 5 rings (SSSR count). The van der Waals surface area contributed by atoms with Crippen molar-refractivity contribution in [3.05, 3.63) is 59.3 Å². The second-order valence-corrected chi connectivity index (χ2v) is 7.14. The van der Waals surface area contributed by atoms with Gasteiger partial charge in [0.2, 0.25) is 0 Å². The summed E-state index contributed by atoms with van der Waals surface area (Å²) in [7, 11) is 1.69. The van der Waals surface area contributed by atoms with E-state index in [9.17, 15) is 0 Å². The summed E-state index contributed by atoms with van der Waals surface area (Å²) in [6, 6.07) is 12.7. The molecule has 0 N–H and O–H groups in total. The molecule has 2 aromatic heterocycles. The Labute approximate surface area is 152 Å². The summed E-state index contributed by atoms with van der Waals surface area (Å²) in [6.45, 7) is 2.08. The van der Waals surface area contributed by atoms with Gasteiger partial charge in [0, 0.05) is 22.5 Å². The van der Waals surface area contributed by atoms with Crippen LogP contribution in [0.4, 0.5) is 0 Å². The Hall–Kier alpha value is -2.81. The molecule has 3 heteroatoms. The molecule has 0 fully saturated rings. The van der Waals surface area contributed by atoms with Gasteiger partial charge in [-0.3, -0.25) is 4.98 Å². The molecule has 0 amide bonds. The van der Waals surface area contributed by atoms with Crippen LogP contribution in [0.5, 0.6) is 5.75 Å². The highest BCUT2D eigenvalue weighted by atomic mass is 16.5. The van der Waals surface area contributed by atoms with Gasteiger partial charge in [0.25, 0.3) is 0 Å². The predicted octanol–water partition coefficient (Wildman–Crippen LogP) is 5.84. The van der Waals surface area contributed by atoms with Crippen molar-refractivity contribution in [3.8, 4) is 17.0 Å². The lowest BCUT2D eigenvalue weighted by atomic mass is 9.90. The average Bonchev–Trinajstić information content (AvgIpc) is 3.04. The van der Waals surface area contributed by atoms with Crippen LogP contribution in [0.2, 0.25) is 0 Å². The van der Waals surface area contributed by atoms with Gasteiger partial charge in [-0.05, 0) is 85.7 Å². The first-order valence-electron chi connectivity index (χ1n) is 9.22. The molecule has 1 aliphatic carbocycles. The van der Waals surface area contributed by atoms with Crippen LogP contribution in [-0.4, -0.2) is 12.1 Å². The van der Waals surface area contributed by atoms with Crippen molar-refractivity contribution < 1.29 is 9.15 Å². The minimum absolute atomic E-state index is 0.857. The highest BCUT2D eigenvalue weighted by Crippen LogP contribution is 2.38. The van der Waals surface area contributed by atoms with Crippen LogP contribution >= 0.6 is 0 Å². The van der Waals surface area contributed by atoms with Crippen molar-refractivity contribution in [2.45, 2.75) is 32.6 Å². The number of rotatable bonds is 2. The molecule has 0 saturated carbocycles. The van der Waals surface area contributed by atoms with E-state index in [1.54, 1.807) is 7.11 Å². The molecule has 4 aromatic rings. The standard InChI is InChI=1S/C23H21NO2/c1-14-11-17(25-2)7-8-18(14)22-23-19(9-10-24-22)20-12-15-5-3-4-6-16(15)13-21(20)26-23/h7-13H,3-6H2,1-2H3. The highest BCUT2D eigenvalue weighted by molar-refractivity contribution is 6.09. The fourth-order valence-electron chi connectivity index (χ4n) is 4.15. The van der Waals surface area contributed by atoms with Crippen molar-refractivity contribution in [1.29, 1.82) is 0 Å². The molecule has 0 aliphatic heterocycles. The normalized spacial score (nSPS) is 13.9. The summed E-state index contributed by atoms with van der Waals surface area (Å²) in [5.74, 6) is 0.857. The minimum Gasteiger partial charge on any atom is -0.497 e. The average molecular weight is 343 g/mol. The highest BCUT2D eigenvalue weighted by Gasteiger charge is 2.18. The van der Waals surface area contributed by atoms with Crippen LogP contribution < -0.4 is 4.74 Å². The lowest BCUT2D eigenvalue weighted by Crippen LogP contribution is -2.01. The number of furan rings is 1. The zero-order valence-corrected chi connectivity index (χ0v) is 15.1. The molecular weight excluding hydrogens is 322 g/mol. The van der Waals surface area contributed by atoms with Gasteiger partial charge in [0.15, 0.2) is 5.58 Å². The fourth-order valence-corrected chi connectivity index (χ4v) is 4.15. The van der Waals surface area contributed by atoms with E-state index < -0.39 is 0 Å². The molecule has 2 heterocycles. The molecule has 0 bridgehead atoms. The van der Waals surface area contributed by atoms with Gasteiger partial charge >= 0.3 is 0 Å². The SMILES string of the molecule is COc1ccc(-c2nccc3c2oc2cc4c(cc23)CCCC4)c(C)c1. The number of aryl methyl sites for hydroxylation is 3. The maximum absolute atomic E-state index is 6.32. The Morgan fingerprint density at radius 2 is 1.77 bits per heavy atom. The van der Waals surface area contributed by atoms with Gasteiger partial charge < -0.3 is 9.15 Å². The van der Waals surface area contributed by atoms with Gasteiger partial charge in [-0.15, -0.1) is 0 Å². The van der Waals surface area contributed by atoms with Crippen LogP contribution in [0.15, 0.2) is 47.0 Å². The summed E-state index contributed by atoms with van der Waals surface area (Å²) >= 11 is 0. The number of fused-ring (bicyclic) bond motifs is 4. The quantitative estimate of drug-likeness (QED) is 0.458. The van der Waals surface area contributed by atoms with E-state index >= 15 is 0 Å². The second kappa shape index (κ2) is 5.87. The second-order valence-electron chi connectivity index (χ2n) is 7.14. The van der Waals surface area contributed by atoms with Crippen LogP contribution in [0.25, 0.3) is 33.2 Å². The lowest BCUT2D eigenvalue weighted by molar-refractivity contribution is 0.414. The zero-order chi connectivity index (χ0) is 17.7. The summed E-state index contributed by atoms with van der Waals surface area (Å²) < 4.78 is 11.7. The Morgan fingerprint density at radius 1 is 0.962 bits per heavy atom. The number of pyridine rings is 1. The third-order valence-corrected chi connectivity index (χ3v) is 5.54. The van der Waals surface area contributed by atoms with E-state index in [1.165, 1.54) is 35.8 Å². The first-order valence-corrected chi connectivity index (χ1v) is 9.22. The maximum Gasteiger partial charge on any atom is 0.161 e. The summed E-state index contributed by atoms with van der Waals surface area (Å²) in [4.78, 5) is 4.65. The number of aromatic nitrogens is 1. The van der Waals surface area contributed by atoms with Crippen LogP contribution in [0.3, 0.4) is 0 Å². The van der Waals surface area contributed by atoms with Gasteiger partial charge in [-0.1, -0.05) is 0 Å². The Bertz CT molecular complexity index is 1140. The van der Waals surface area contributed by atoms with Crippen LogP contribution in [0, 0.1) is 6.92 Å². The van der Waals surface area contributed by atoms with Crippen molar-refractivity contribution in [2.75, 3.05) is 7.11 Å². The Morgan fingerprint density at radius 3 is 2.54 bits per heavy atom. The maximum atomic E-state index is 6.32. The van der Waals surface area contributed by atoms with Gasteiger partial charge in [-0.25, -0.2) is 0 Å². The molecular formula is C23H21NO2. The summed E-state index contributed by atoms with van der Waals surface area (Å²) in [5, 5.41) is 2.35. The summed E-state index contributed by atoms with van der Waals surface area (Å²) in [5.41, 5.74) is 7.88. The van der Waals surface area contributed by atoms with Crippen LogP contribution in [-0.2, 0) is 12.8 Å². The van der Waals surface area contributed by atoms with Crippen LogP contribution in [0.1, 0.15) is 29.5 Å². The molecule has 0 radical (unpaired) electrons. The molecule has 0 atom stereocenters. The van der Waals surface area contributed by atoms with E-state index in [4.69, 9.17) is 9.15 Å². The third-order valence-electron chi connectivity index (χ3n) is 5.54. The van der Waals surface area contributed by atoms with E-state index in [0.29, 0.717) is 0 Å². The van der Waals surface area contributed by atoms with E-state index in [0.717, 1.165) is 45.5 Å². The Kier molecular flexibility index (Phi) is 3.49. The van der Waals surface area contributed by atoms with Crippen molar-refractivity contribution >= 4 is 21.9 Å². The minimum atomic E-state index is 0.857. The largest absolute Gasteiger partial charge is 0.497 e. The number of ether oxygens (including phenoxy) is 1. The molecule has 1 aliphatic rings. The van der Waals surface area contributed by atoms with E-state index in [1.807, 2.05) is 18.3 Å². The van der Waals surface area contributed by atoms with Gasteiger partial charge in [-0.2, -0.15) is 0 Å². The molecule has 0 saturated heterocycles. The number of hydrogen-bond donors (Lipinski definition) is 0. The first kappa shape index (κ1) is 15.4. The van der Waals surface area contributed by atoms with Crippen molar-refractivity contribution in [3.63, 3.8) is 0 Å². The summed E-state index contributed by atoms with van der Waals surface area (Å²) in [6.07, 6.45) is 6.77. The molecule has 130 valence electrons. The molecule has 0 unspecified atom stereocenters. The van der Waals surface area contributed by atoms with Gasteiger partial charge in [0.1, 0.15) is 17.0 Å². The van der Waals surface area contributed by atoms with E-state index in [-0.39, 0.29) is 0 Å². The topological polar surface area (TPSA) is 35.3 Å². The smallest absolute Gasteiger partial charge is 0.161 e. The van der Waals surface area contributed by atoms with E-state index in [2.05, 4.69) is 36.2 Å². The molecule has 26 heavy (non-hydrogen) atoms. The third kappa shape index (κ3) is 2.31. The lowest BCUT2D eigenvalue weighted by Gasteiger charge is -2.14. The van der Waals surface area contributed by atoms with Gasteiger partial charge in [0.05, 0.1) is 7.11 Å². The zero-order valence-electron chi connectivity index (χ0n) is 15.1. The monoisotopic (exact) mass is 343 g/mol. The van der Waals surface area contributed by atoms with Crippen molar-refractivity contribution in [2.24, 2.45) is 0 Å². The number of hydrogen-bond acceptors (Lipinski definition) is 3. The van der Waals surface area contributed by atoms with Crippen molar-refractivity contribution in [1.82, 2.24) is 4.98 Å².